The van der Waals surface area contributed by atoms with Crippen LogP contribution in [0.1, 0.15) is 40.2 Å². The van der Waals surface area contributed by atoms with Gasteiger partial charge >= 0.3 is 0 Å². The van der Waals surface area contributed by atoms with Crippen molar-refractivity contribution in [3.8, 4) is 0 Å². The Kier molecular flexibility index (Phi) is 4.75. The lowest BCUT2D eigenvalue weighted by Gasteiger charge is -2.35. The van der Waals surface area contributed by atoms with Gasteiger partial charge in [-0.3, -0.25) is 19.4 Å². The Morgan fingerprint density at radius 2 is 2.04 bits per heavy atom. The molecule has 28 heavy (non-hydrogen) atoms. The van der Waals surface area contributed by atoms with E-state index in [2.05, 4.69) is 9.97 Å². The molecule has 0 aliphatic carbocycles. The van der Waals surface area contributed by atoms with Crippen LogP contribution in [0.3, 0.4) is 0 Å². The summed E-state index contributed by atoms with van der Waals surface area (Å²) in [4.78, 5) is 49.1. The molecule has 0 unspecified atom stereocenters. The zero-order valence-electron chi connectivity index (χ0n) is 16.1. The number of hydrogen-bond donors (Lipinski definition) is 1. The van der Waals surface area contributed by atoms with Gasteiger partial charge in [-0.25, -0.2) is 0 Å². The second-order valence-corrected chi connectivity index (χ2v) is 7.76. The van der Waals surface area contributed by atoms with Gasteiger partial charge in [0.15, 0.2) is 0 Å². The normalized spacial score (nSPS) is 21.7. The van der Waals surface area contributed by atoms with Crippen molar-refractivity contribution in [3.63, 3.8) is 0 Å². The predicted octanol–water partition coefficient (Wildman–Crippen LogP) is 1.65. The molecule has 7 heteroatoms. The van der Waals surface area contributed by atoms with E-state index in [1.54, 1.807) is 31.0 Å². The highest BCUT2D eigenvalue weighted by Crippen LogP contribution is 2.31. The summed E-state index contributed by atoms with van der Waals surface area (Å²) in [6, 6.07) is 7.42. The number of rotatable bonds is 3. The van der Waals surface area contributed by atoms with Crippen molar-refractivity contribution < 1.29 is 9.59 Å². The van der Waals surface area contributed by atoms with Crippen LogP contribution >= 0.6 is 0 Å². The van der Waals surface area contributed by atoms with Gasteiger partial charge in [-0.15, -0.1) is 0 Å². The van der Waals surface area contributed by atoms with Crippen molar-refractivity contribution in [2.45, 2.75) is 39.3 Å². The highest BCUT2D eigenvalue weighted by atomic mass is 16.2. The molecule has 0 radical (unpaired) electrons. The van der Waals surface area contributed by atoms with Crippen molar-refractivity contribution >= 4 is 11.8 Å². The molecule has 2 atom stereocenters. The first-order valence-corrected chi connectivity index (χ1v) is 9.64. The lowest BCUT2D eigenvalue weighted by atomic mass is 9.94. The molecule has 0 spiro atoms. The van der Waals surface area contributed by atoms with E-state index in [9.17, 15) is 14.4 Å². The van der Waals surface area contributed by atoms with Crippen LogP contribution < -0.4 is 5.56 Å². The lowest BCUT2D eigenvalue weighted by Crippen LogP contribution is -2.47. The van der Waals surface area contributed by atoms with E-state index in [4.69, 9.17) is 0 Å². The molecule has 146 valence electrons. The van der Waals surface area contributed by atoms with Crippen LogP contribution in [-0.4, -0.2) is 50.7 Å². The van der Waals surface area contributed by atoms with Gasteiger partial charge in [0, 0.05) is 31.0 Å². The average Bonchev–Trinajstić information content (AvgIpc) is 2.94. The number of aryl methyl sites for hydroxylation is 2. The molecule has 5 heterocycles. The summed E-state index contributed by atoms with van der Waals surface area (Å²) < 4.78 is 0. The summed E-state index contributed by atoms with van der Waals surface area (Å²) in [5, 5.41) is 0. The second kappa shape index (κ2) is 7.22. The Balaban J connectivity index is 1.60. The third-order valence-electron chi connectivity index (χ3n) is 5.72. The summed E-state index contributed by atoms with van der Waals surface area (Å²) >= 11 is 0. The van der Waals surface area contributed by atoms with Gasteiger partial charge in [0.25, 0.3) is 11.5 Å². The molecule has 3 saturated heterocycles. The fourth-order valence-corrected chi connectivity index (χ4v) is 4.36. The number of hydrogen-bond acceptors (Lipinski definition) is 4. The number of aromatic amines is 1. The number of piperidine rings is 1. The molecule has 3 fully saturated rings. The fourth-order valence-electron chi connectivity index (χ4n) is 4.36. The first-order valence-electron chi connectivity index (χ1n) is 9.64. The van der Waals surface area contributed by atoms with Crippen molar-refractivity contribution in [1.29, 1.82) is 0 Å². The number of H-pyrrole nitrogens is 1. The molecule has 2 aromatic rings. The van der Waals surface area contributed by atoms with Gasteiger partial charge < -0.3 is 14.8 Å². The number of fused-ring (bicyclic) bond motifs is 4. The smallest absolute Gasteiger partial charge is 0.261 e. The monoisotopic (exact) mass is 380 g/mol. The minimum atomic E-state index is -0.365. The molecule has 2 amide bonds. The van der Waals surface area contributed by atoms with Crippen LogP contribution in [0.2, 0.25) is 0 Å². The fraction of sp³-hybridized carbons (Fsp3) is 0.429. The van der Waals surface area contributed by atoms with Crippen molar-refractivity contribution in [1.82, 2.24) is 19.8 Å². The van der Waals surface area contributed by atoms with Gasteiger partial charge in [-0.2, -0.15) is 0 Å². The standard InChI is InChI=1S/C21H24N4O3/c1-13-9-14(2)23-19(26)18(13)21(28)24-10-15-6-7-17(12-24)25(20(15)27)11-16-5-3-4-8-22-16/h3-5,8-9,15,17H,6-7,10-12H2,1-2H3,(H,23,26)/t15-,17+/m1/s1. The number of nitrogens with one attached hydrogen (secondary N) is 1. The Morgan fingerprint density at radius 1 is 1.21 bits per heavy atom. The molecule has 2 aromatic heterocycles. The van der Waals surface area contributed by atoms with Crippen LogP contribution in [0.25, 0.3) is 0 Å². The molecule has 3 aliphatic heterocycles. The van der Waals surface area contributed by atoms with Gasteiger partial charge in [0.2, 0.25) is 5.91 Å². The van der Waals surface area contributed by atoms with Crippen LogP contribution in [0.5, 0.6) is 0 Å². The van der Waals surface area contributed by atoms with Gasteiger partial charge in [-0.1, -0.05) is 6.07 Å². The molecule has 2 bridgehead atoms. The molecular weight excluding hydrogens is 356 g/mol. The molecule has 3 aliphatic rings. The zero-order chi connectivity index (χ0) is 19.8. The molecule has 1 N–H and O–H groups in total. The van der Waals surface area contributed by atoms with E-state index in [1.165, 1.54) is 0 Å². The number of aromatic nitrogens is 2. The third-order valence-corrected chi connectivity index (χ3v) is 5.72. The molecule has 7 nitrogen and oxygen atoms in total. The topological polar surface area (TPSA) is 86.4 Å². The maximum absolute atomic E-state index is 13.2. The first-order chi connectivity index (χ1) is 13.4. The molecular formula is C21H24N4O3. The highest BCUT2D eigenvalue weighted by Gasteiger charge is 2.42. The largest absolute Gasteiger partial charge is 0.336 e. The minimum absolute atomic E-state index is 0.0537. The van der Waals surface area contributed by atoms with Crippen molar-refractivity contribution in [3.05, 3.63) is 63.3 Å². The molecule has 0 aromatic carbocycles. The first kappa shape index (κ1) is 18.4. The van der Waals surface area contributed by atoms with E-state index >= 15 is 0 Å². The van der Waals surface area contributed by atoms with Crippen LogP contribution in [-0.2, 0) is 11.3 Å². The third kappa shape index (κ3) is 3.32. The van der Waals surface area contributed by atoms with E-state index < -0.39 is 0 Å². The van der Waals surface area contributed by atoms with Crippen molar-refractivity contribution in [2.75, 3.05) is 13.1 Å². The highest BCUT2D eigenvalue weighted by molar-refractivity contribution is 5.96. The summed E-state index contributed by atoms with van der Waals surface area (Å²) in [5.41, 5.74) is 2.05. The van der Waals surface area contributed by atoms with Crippen LogP contribution in [0.4, 0.5) is 0 Å². The molecule has 0 saturated carbocycles. The lowest BCUT2D eigenvalue weighted by molar-refractivity contribution is -0.140. The summed E-state index contributed by atoms with van der Waals surface area (Å²) in [7, 11) is 0. The SMILES string of the molecule is Cc1cc(C)c(C(=O)N2C[C@H]3CC[C@@H](C2)N(Cc2ccccn2)C3=O)c(=O)[nH]1. The van der Waals surface area contributed by atoms with Crippen LogP contribution in [0.15, 0.2) is 35.3 Å². The predicted molar refractivity (Wildman–Crippen MR) is 104 cm³/mol. The molecule has 5 rings (SSSR count). The van der Waals surface area contributed by atoms with E-state index in [1.807, 2.05) is 23.1 Å². The Morgan fingerprint density at radius 3 is 2.75 bits per heavy atom. The number of amides is 2. The second-order valence-electron chi connectivity index (χ2n) is 7.76. The quantitative estimate of drug-likeness (QED) is 0.877. The van der Waals surface area contributed by atoms with E-state index in [0.717, 1.165) is 24.2 Å². The van der Waals surface area contributed by atoms with Gasteiger partial charge in [0.1, 0.15) is 5.56 Å². The number of carbonyl (C=O) groups excluding carboxylic acids is 2. The maximum atomic E-state index is 13.2. The Bertz CT molecular complexity index is 969. The number of pyridine rings is 2. The summed E-state index contributed by atoms with van der Waals surface area (Å²) in [6.45, 7) is 4.83. The maximum Gasteiger partial charge on any atom is 0.261 e. The number of nitrogens with zero attached hydrogens (tertiary/aromatic N) is 3. The minimum Gasteiger partial charge on any atom is -0.336 e. The average molecular weight is 380 g/mol. The Hall–Kier alpha value is -2.96. The van der Waals surface area contributed by atoms with E-state index in [0.29, 0.717) is 25.2 Å². The Labute approximate surface area is 163 Å². The van der Waals surface area contributed by atoms with Gasteiger partial charge in [-0.05, 0) is 50.5 Å². The van der Waals surface area contributed by atoms with E-state index in [-0.39, 0.29) is 34.9 Å². The van der Waals surface area contributed by atoms with Crippen LogP contribution in [0, 0.1) is 19.8 Å². The van der Waals surface area contributed by atoms with Crippen molar-refractivity contribution in [2.24, 2.45) is 5.92 Å². The summed E-state index contributed by atoms with van der Waals surface area (Å²) in [6.07, 6.45) is 3.35. The number of carbonyl (C=O) groups is 2. The summed E-state index contributed by atoms with van der Waals surface area (Å²) in [5.74, 6) is -0.439. The zero-order valence-corrected chi connectivity index (χ0v) is 16.1. The van der Waals surface area contributed by atoms with Gasteiger partial charge in [0.05, 0.1) is 18.2 Å².